The number of amides is 1. The Morgan fingerprint density at radius 1 is 1.11 bits per heavy atom. The van der Waals surface area contributed by atoms with Gasteiger partial charge in [-0.15, -0.1) is 0 Å². The highest BCUT2D eigenvalue weighted by molar-refractivity contribution is 7.89. The number of sulfonamides is 1. The molecule has 1 amide bonds. The fourth-order valence-electron chi connectivity index (χ4n) is 2.83. The summed E-state index contributed by atoms with van der Waals surface area (Å²) in [6, 6.07) is 13.6. The second-order valence-electron chi connectivity index (χ2n) is 6.76. The number of hydrogen-bond acceptors (Lipinski definition) is 4. The van der Waals surface area contributed by atoms with Crippen molar-refractivity contribution >= 4 is 21.6 Å². The quantitative estimate of drug-likeness (QED) is 0.719. The lowest BCUT2D eigenvalue weighted by atomic mass is 9.98. The molecule has 0 aliphatic carbocycles. The van der Waals surface area contributed by atoms with Crippen LogP contribution < -0.4 is 14.8 Å². The van der Waals surface area contributed by atoms with Gasteiger partial charge in [0.2, 0.25) is 15.9 Å². The number of ether oxygens (including phenoxy) is 1. The molecule has 2 rings (SSSR count). The summed E-state index contributed by atoms with van der Waals surface area (Å²) >= 11 is 0. The van der Waals surface area contributed by atoms with Gasteiger partial charge in [0.15, 0.2) is 0 Å². The molecule has 0 spiro atoms. The van der Waals surface area contributed by atoms with E-state index in [9.17, 15) is 13.2 Å². The van der Waals surface area contributed by atoms with Crippen molar-refractivity contribution in [1.82, 2.24) is 4.72 Å². The van der Waals surface area contributed by atoms with Crippen molar-refractivity contribution in [3.63, 3.8) is 0 Å². The molecule has 2 aromatic carbocycles. The molecule has 7 heteroatoms. The number of nitrogens with one attached hydrogen (secondary N) is 2. The monoisotopic (exact) mass is 390 g/mol. The van der Waals surface area contributed by atoms with Crippen LogP contribution in [0.1, 0.15) is 38.8 Å². The summed E-state index contributed by atoms with van der Waals surface area (Å²) in [7, 11) is -2.47. The van der Waals surface area contributed by atoms with E-state index in [0.29, 0.717) is 18.0 Å². The molecule has 146 valence electrons. The zero-order valence-electron chi connectivity index (χ0n) is 16.0. The van der Waals surface area contributed by atoms with Gasteiger partial charge in [-0.25, -0.2) is 13.1 Å². The van der Waals surface area contributed by atoms with Gasteiger partial charge in [-0.05, 0) is 36.1 Å². The lowest BCUT2D eigenvalue weighted by molar-refractivity contribution is -0.114. The van der Waals surface area contributed by atoms with E-state index in [0.717, 1.165) is 5.56 Å². The molecule has 0 aliphatic heterocycles. The minimum atomic E-state index is -3.88. The largest absolute Gasteiger partial charge is 0.495 e. The van der Waals surface area contributed by atoms with E-state index in [4.69, 9.17) is 4.74 Å². The molecular formula is C20H26N2O4S. The van der Waals surface area contributed by atoms with Gasteiger partial charge < -0.3 is 10.1 Å². The van der Waals surface area contributed by atoms with Gasteiger partial charge in [0.25, 0.3) is 0 Å². The van der Waals surface area contributed by atoms with Gasteiger partial charge in [-0.2, -0.15) is 0 Å². The first kappa shape index (κ1) is 20.9. The summed E-state index contributed by atoms with van der Waals surface area (Å²) in [5.41, 5.74) is 1.29. The van der Waals surface area contributed by atoms with Crippen molar-refractivity contribution in [1.29, 1.82) is 0 Å². The van der Waals surface area contributed by atoms with E-state index in [1.807, 2.05) is 44.2 Å². The van der Waals surface area contributed by atoms with E-state index >= 15 is 0 Å². The first-order valence-corrected chi connectivity index (χ1v) is 10.2. The minimum absolute atomic E-state index is 0.0130. The lowest BCUT2D eigenvalue weighted by Crippen LogP contribution is -2.30. The third kappa shape index (κ3) is 5.80. The predicted octanol–water partition coefficient (Wildman–Crippen LogP) is 3.72. The summed E-state index contributed by atoms with van der Waals surface area (Å²) in [6.07, 6.45) is 0.650. The number of carbonyl (C=O) groups excluding carboxylic acids is 1. The molecule has 0 bridgehead atoms. The molecule has 0 fully saturated rings. The normalized spacial score (nSPS) is 12.6. The molecule has 1 atom stereocenters. The molecule has 0 saturated carbocycles. The minimum Gasteiger partial charge on any atom is -0.495 e. The van der Waals surface area contributed by atoms with Gasteiger partial charge in [0.1, 0.15) is 10.6 Å². The maximum Gasteiger partial charge on any atom is 0.244 e. The predicted molar refractivity (Wildman–Crippen MR) is 106 cm³/mol. The van der Waals surface area contributed by atoms with Crippen LogP contribution >= 0.6 is 0 Å². The summed E-state index contributed by atoms with van der Waals surface area (Å²) in [5, 5.41) is 2.60. The van der Waals surface area contributed by atoms with Crippen molar-refractivity contribution in [2.75, 3.05) is 12.4 Å². The fraction of sp³-hybridized carbons (Fsp3) is 0.350. The van der Waals surface area contributed by atoms with E-state index in [-0.39, 0.29) is 22.6 Å². The average molecular weight is 391 g/mol. The van der Waals surface area contributed by atoms with Gasteiger partial charge in [-0.3, -0.25) is 4.79 Å². The molecule has 0 heterocycles. The molecule has 6 nitrogen and oxygen atoms in total. The Hall–Kier alpha value is -2.38. The zero-order valence-corrected chi connectivity index (χ0v) is 16.8. The van der Waals surface area contributed by atoms with E-state index < -0.39 is 10.0 Å². The molecule has 2 aromatic rings. The second-order valence-corrected chi connectivity index (χ2v) is 8.44. The van der Waals surface area contributed by atoms with Crippen LogP contribution in [0.3, 0.4) is 0 Å². The Morgan fingerprint density at radius 3 is 2.33 bits per heavy atom. The first-order valence-electron chi connectivity index (χ1n) is 8.76. The third-order valence-corrected chi connectivity index (χ3v) is 5.47. The van der Waals surface area contributed by atoms with E-state index in [1.54, 1.807) is 6.07 Å². The van der Waals surface area contributed by atoms with Crippen LogP contribution in [-0.2, 0) is 14.8 Å². The average Bonchev–Trinajstić information content (AvgIpc) is 2.61. The summed E-state index contributed by atoms with van der Waals surface area (Å²) in [6.45, 7) is 5.45. The molecule has 2 N–H and O–H groups in total. The highest BCUT2D eigenvalue weighted by Crippen LogP contribution is 2.30. The highest BCUT2D eigenvalue weighted by Gasteiger charge is 2.25. The number of methoxy groups -OCH3 is 1. The molecule has 0 aliphatic rings. The van der Waals surface area contributed by atoms with Crippen LogP contribution in [0.4, 0.5) is 5.69 Å². The number of carbonyl (C=O) groups is 1. The maximum absolute atomic E-state index is 13.1. The topological polar surface area (TPSA) is 84.5 Å². The Morgan fingerprint density at radius 2 is 1.78 bits per heavy atom. The number of rotatable bonds is 8. The van der Waals surface area contributed by atoms with Crippen LogP contribution in [0, 0.1) is 5.92 Å². The van der Waals surface area contributed by atoms with Crippen molar-refractivity contribution in [2.45, 2.75) is 38.1 Å². The van der Waals surface area contributed by atoms with Crippen molar-refractivity contribution in [2.24, 2.45) is 5.92 Å². The summed E-state index contributed by atoms with van der Waals surface area (Å²) in [4.78, 5) is 11.3. The number of anilines is 1. The summed E-state index contributed by atoms with van der Waals surface area (Å²) < 4.78 is 34.2. The van der Waals surface area contributed by atoms with Gasteiger partial charge >= 0.3 is 0 Å². The molecule has 0 aromatic heterocycles. The maximum atomic E-state index is 13.1. The van der Waals surface area contributed by atoms with Crippen molar-refractivity contribution in [3.8, 4) is 5.75 Å². The Kier molecular flexibility index (Phi) is 6.98. The van der Waals surface area contributed by atoms with E-state index in [1.165, 1.54) is 26.2 Å². The first-order chi connectivity index (χ1) is 12.7. The molecule has 27 heavy (non-hydrogen) atoms. The van der Waals surface area contributed by atoms with Crippen molar-refractivity contribution < 1.29 is 17.9 Å². The SMILES string of the molecule is COc1ccc(NC(C)=O)cc1S(=O)(=O)N[C@H](CC(C)C)c1ccccc1. The Labute approximate surface area is 161 Å². The van der Waals surface area contributed by atoms with Crippen LogP contribution in [0.15, 0.2) is 53.4 Å². The number of hydrogen-bond donors (Lipinski definition) is 2. The molecule has 0 radical (unpaired) electrons. The third-order valence-electron chi connectivity index (χ3n) is 3.98. The van der Waals surface area contributed by atoms with E-state index in [2.05, 4.69) is 10.0 Å². The highest BCUT2D eigenvalue weighted by atomic mass is 32.2. The van der Waals surface area contributed by atoms with Crippen LogP contribution in [0.2, 0.25) is 0 Å². The second kappa shape index (κ2) is 9.01. The lowest BCUT2D eigenvalue weighted by Gasteiger charge is -2.22. The summed E-state index contributed by atoms with van der Waals surface area (Å²) in [5.74, 6) is 0.233. The number of benzene rings is 2. The molecule has 0 unspecified atom stereocenters. The van der Waals surface area contributed by atoms with Crippen LogP contribution in [0.25, 0.3) is 0 Å². The van der Waals surface area contributed by atoms with Crippen LogP contribution in [-0.4, -0.2) is 21.4 Å². The van der Waals surface area contributed by atoms with Crippen LogP contribution in [0.5, 0.6) is 5.75 Å². The van der Waals surface area contributed by atoms with Crippen molar-refractivity contribution in [3.05, 3.63) is 54.1 Å². The fourth-order valence-corrected chi connectivity index (χ4v) is 4.26. The smallest absolute Gasteiger partial charge is 0.244 e. The Balaban J connectivity index is 2.41. The van der Waals surface area contributed by atoms with Gasteiger partial charge in [0.05, 0.1) is 7.11 Å². The zero-order chi connectivity index (χ0) is 20.0. The molecular weight excluding hydrogens is 364 g/mol. The van der Waals surface area contributed by atoms with Gasteiger partial charge in [0, 0.05) is 18.7 Å². The Bertz CT molecular complexity index is 880. The van der Waals surface area contributed by atoms with Gasteiger partial charge in [-0.1, -0.05) is 44.2 Å². The standard InChI is InChI=1S/C20H26N2O4S/c1-14(2)12-18(16-8-6-5-7-9-16)22-27(24,25)20-13-17(21-15(3)23)10-11-19(20)26-4/h5-11,13-14,18,22H,12H2,1-4H3,(H,21,23)/t18-/m1/s1. The molecule has 0 saturated heterocycles.